The van der Waals surface area contributed by atoms with Gasteiger partial charge in [0.2, 0.25) is 0 Å². The van der Waals surface area contributed by atoms with E-state index in [2.05, 4.69) is 11.1 Å². The maximum absolute atomic E-state index is 9.07. The van der Waals surface area contributed by atoms with E-state index >= 15 is 0 Å². The lowest BCUT2D eigenvalue weighted by Gasteiger charge is -1.92. The molecule has 2 nitrogen and oxygen atoms in total. The second kappa shape index (κ2) is 2.64. The van der Waals surface area contributed by atoms with Gasteiger partial charge in [-0.05, 0) is 25.1 Å². The fourth-order valence-electron chi connectivity index (χ4n) is 1.47. The van der Waals surface area contributed by atoms with Crippen LogP contribution in [-0.4, -0.2) is 10.1 Å². The summed E-state index contributed by atoms with van der Waals surface area (Å²) in [4.78, 5) is 3.20. The van der Waals surface area contributed by atoms with Crippen molar-refractivity contribution in [2.75, 3.05) is 0 Å². The Morgan fingerprint density at radius 3 is 3.17 bits per heavy atom. The van der Waals surface area contributed by atoms with Gasteiger partial charge in [-0.2, -0.15) is 0 Å². The molecule has 0 saturated carbocycles. The molecule has 2 N–H and O–H groups in total. The van der Waals surface area contributed by atoms with Gasteiger partial charge < -0.3 is 10.1 Å². The Kier molecular flexibility index (Phi) is 1.62. The van der Waals surface area contributed by atoms with Crippen molar-refractivity contribution in [2.45, 2.75) is 13.5 Å². The first-order valence-electron chi connectivity index (χ1n) is 3.91. The highest BCUT2D eigenvalue weighted by Gasteiger charge is 2.04. The van der Waals surface area contributed by atoms with Crippen LogP contribution < -0.4 is 0 Å². The maximum Gasteiger partial charge on any atom is 0.0705 e. The molecule has 1 aromatic carbocycles. The highest BCUT2D eigenvalue weighted by molar-refractivity contribution is 5.84. The third-order valence-electron chi connectivity index (χ3n) is 2.12. The van der Waals surface area contributed by atoms with Gasteiger partial charge in [-0.25, -0.2) is 0 Å². The Hall–Kier alpha value is -1.28. The van der Waals surface area contributed by atoms with Gasteiger partial charge in [-0.1, -0.05) is 6.07 Å². The second-order valence-electron chi connectivity index (χ2n) is 2.86. The molecule has 0 aliphatic heterocycles. The summed E-state index contributed by atoms with van der Waals surface area (Å²) in [5.74, 6) is 0. The lowest BCUT2D eigenvalue weighted by molar-refractivity contribution is 0.282. The smallest absolute Gasteiger partial charge is 0.0705 e. The van der Waals surface area contributed by atoms with Crippen molar-refractivity contribution in [2.24, 2.45) is 0 Å². The molecule has 61 valence electrons. The molecule has 12 heavy (non-hydrogen) atoms. The average Bonchev–Trinajstić information content (AvgIpc) is 2.40. The van der Waals surface area contributed by atoms with Crippen molar-refractivity contribution in [3.8, 4) is 0 Å². The minimum atomic E-state index is 0.0870. The molecule has 0 saturated heterocycles. The van der Waals surface area contributed by atoms with Crippen molar-refractivity contribution >= 4 is 10.9 Å². The van der Waals surface area contributed by atoms with Crippen molar-refractivity contribution in [3.05, 3.63) is 35.5 Å². The Bertz CT molecular complexity index is 403. The van der Waals surface area contributed by atoms with Crippen LogP contribution >= 0.6 is 0 Å². The Morgan fingerprint density at radius 1 is 1.58 bits per heavy atom. The number of aliphatic hydroxyl groups excluding tert-OH is 1. The van der Waals surface area contributed by atoms with Crippen LogP contribution in [0.25, 0.3) is 10.9 Å². The van der Waals surface area contributed by atoms with Crippen molar-refractivity contribution < 1.29 is 5.11 Å². The number of rotatable bonds is 1. The Labute approximate surface area is 70.8 Å². The molecule has 0 aliphatic carbocycles. The van der Waals surface area contributed by atoms with Crippen molar-refractivity contribution in [1.82, 2.24) is 4.98 Å². The molecule has 2 aromatic rings. The van der Waals surface area contributed by atoms with E-state index in [9.17, 15) is 0 Å². The van der Waals surface area contributed by atoms with E-state index < -0.39 is 0 Å². The van der Waals surface area contributed by atoms with Crippen LogP contribution in [0, 0.1) is 13.0 Å². The SMILES string of the molecule is Cc1[nH]c2cc[c]cc2c1CO. The van der Waals surface area contributed by atoms with Gasteiger partial charge in [0.1, 0.15) is 0 Å². The number of fused-ring (bicyclic) bond motifs is 1. The molecule has 0 amide bonds. The molecule has 1 radical (unpaired) electrons. The predicted octanol–water partition coefficient (Wildman–Crippen LogP) is 1.77. The lowest BCUT2D eigenvalue weighted by atomic mass is 10.1. The topological polar surface area (TPSA) is 36.0 Å². The van der Waals surface area contributed by atoms with Crippen LogP contribution in [-0.2, 0) is 6.61 Å². The van der Waals surface area contributed by atoms with Gasteiger partial charge in [0.05, 0.1) is 6.61 Å². The first-order chi connectivity index (χ1) is 5.83. The fourth-order valence-corrected chi connectivity index (χ4v) is 1.47. The largest absolute Gasteiger partial charge is 0.392 e. The molecule has 1 heterocycles. The Balaban J connectivity index is 2.81. The van der Waals surface area contributed by atoms with Crippen LogP contribution in [0.4, 0.5) is 0 Å². The van der Waals surface area contributed by atoms with Gasteiger partial charge in [0.15, 0.2) is 0 Å². The first-order valence-corrected chi connectivity index (χ1v) is 3.91. The highest BCUT2D eigenvalue weighted by Crippen LogP contribution is 2.20. The summed E-state index contributed by atoms with van der Waals surface area (Å²) in [6, 6.07) is 8.71. The van der Waals surface area contributed by atoms with E-state index in [1.54, 1.807) is 0 Å². The van der Waals surface area contributed by atoms with Crippen molar-refractivity contribution in [1.29, 1.82) is 0 Å². The molecule has 2 heteroatoms. The molecular weight excluding hydrogens is 150 g/mol. The number of nitrogens with one attached hydrogen (secondary N) is 1. The zero-order valence-electron chi connectivity index (χ0n) is 6.89. The van der Waals surface area contributed by atoms with Gasteiger partial charge in [-0.15, -0.1) is 0 Å². The molecule has 0 aliphatic rings. The van der Waals surface area contributed by atoms with E-state index in [0.29, 0.717) is 0 Å². The van der Waals surface area contributed by atoms with Crippen LogP contribution in [0.15, 0.2) is 18.2 Å². The fraction of sp³-hybridized carbons (Fsp3) is 0.200. The molecule has 0 unspecified atom stereocenters. The minimum absolute atomic E-state index is 0.0870. The third kappa shape index (κ3) is 0.924. The molecule has 0 spiro atoms. The quantitative estimate of drug-likeness (QED) is 0.655. The molecular formula is C10H10NO. The maximum atomic E-state index is 9.07. The van der Waals surface area contributed by atoms with E-state index in [-0.39, 0.29) is 6.61 Å². The van der Waals surface area contributed by atoms with Gasteiger partial charge in [0, 0.05) is 22.2 Å². The highest BCUT2D eigenvalue weighted by atomic mass is 16.3. The number of aryl methyl sites for hydroxylation is 1. The number of aromatic amines is 1. The lowest BCUT2D eigenvalue weighted by Crippen LogP contribution is -1.82. The van der Waals surface area contributed by atoms with Crippen LogP contribution in [0.3, 0.4) is 0 Å². The number of aliphatic hydroxyl groups is 1. The normalized spacial score (nSPS) is 10.8. The first kappa shape index (κ1) is 7.37. The molecule has 0 atom stereocenters. The summed E-state index contributed by atoms with van der Waals surface area (Å²) in [6.07, 6.45) is 0. The summed E-state index contributed by atoms with van der Waals surface area (Å²) in [7, 11) is 0. The summed E-state index contributed by atoms with van der Waals surface area (Å²) in [5, 5.41) is 10.1. The zero-order valence-corrected chi connectivity index (χ0v) is 6.89. The number of hydrogen-bond donors (Lipinski definition) is 2. The van der Waals surface area contributed by atoms with E-state index in [1.807, 2.05) is 25.1 Å². The van der Waals surface area contributed by atoms with E-state index in [4.69, 9.17) is 5.11 Å². The number of aromatic nitrogens is 1. The van der Waals surface area contributed by atoms with Gasteiger partial charge in [-0.3, -0.25) is 0 Å². The monoisotopic (exact) mass is 160 g/mol. The van der Waals surface area contributed by atoms with Crippen LogP contribution in [0.5, 0.6) is 0 Å². The second-order valence-corrected chi connectivity index (χ2v) is 2.86. The number of benzene rings is 1. The molecule has 0 bridgehead atoms. The zero-order chi connectivity index (χ0) is 8.55. The predicted molar refractivity (Wildman–Crippen MR) is 47.8 cm³/mol. The van der Waals surface area contributed by atoms with E-state index in [1.165, 1.54) is 0 Å². The summed E-state index contributed by atoms with van der Waals surface area (Å²) in [6.45, 7) is 2.05. The minimum Gasteiger partial charge on any atom is -0.392 e. The molecule has 0 fully saturated rings. The average molecular weight is 160 g/mol. The number of H-pyrrole nitrogens is 1. The standard InChI is InChI=1S/C10H10NO/c1-7-9(6-12)8-4-2-3-5-10(8)11-7/h3-5,11-12H,6H2,1H3. The van der Waals surface area contributed by atoms with Crippen LogP contribution in [0.1, 0.15) is 11.3 Å². The molecule has 1 aromatic heterocycles. The number of hydrogen-bond acceptors (Lipinski definition) is 1. The summed E-state index contributed by atoms with van der Waals surface area (Å²) >= 11 is 0. The van der Waals surface area contributed by atoms with Gasteiger partial charge >= 0.3 is 0 Å². The summed E-state index contributed by atoms with van der Waals surface area (Å²) < 4.78 is 0. The Morgan fingerprint density at radius 2 is 2.42 bits per heavy atom. The van der Waals surface area contributed by atoms with E-state index in [0.717, 1.165) is 22.2 Å². The van der Waals surface area contributed by atoms with Crippen molar-refractivity contribution in [3.63, 3.8) is 0 Å². The third-order valence-corrected chi connectivity index (χ3v) is 2.12. The molecule has 2 rings (SSSR count). The van der Waals surface area contributed by atoms with Crippen LogP contribution in [0.2, 0.25) is 0 Å². The summed E-state index contributed by atoms with van der Waals surface area (Å²) in [5.41, 5.74) is 3.07. The van der Waals surface area contributed by atoms with Gasteiger partial charge in [0.25, 0.3) is 0 Å².